The van der Waals surface area contributed by atoms with Gasteiger partial charge in [0.1, 0.15) is 63.6 Å². The van der Waals surface area contributed by atoms with Gasteiger partial charge in [-0.3, -0.25) is 12.9 Å². The number of phenolic OH excluding ortho intramolecular Hbond substituents is 1. The Labute approximate surface area is 866 Å². The number of phenols is 1. The fourth-order valence-corrected chi connectivity index (χ4v) is 45.5. The molecular formula is C106H153B3F4IO16P9Rh+. The molecule has 770 valence electrons. The van der Waals surface area contributed by atoms with Crippen molar-refractivity contribution in [1.29, 1.82) is 0 Å². The second-order valence-corrected chi connectivity index (χ2v) is 75.2. The van der Waals surface area contributed by atoms with Gasteiger partial charge in [0.05, 0.1) is 53.5 Å². The number of benzene rings is 8. The Morgan fingerprint density at radius 2 is 0.800 bits per heavy atom. The summed E-state index contributed by atoms with van der Waals surface area (Å²) in [4.78, 5) is 0. The van der Waals surface area contributed by atoms with E-state index in [1.165, 1.54) is 46.9 Å². The number of ether oxygens (including phenoxy) is 9. The molecule has 0 radical (unpaired) electrons. The monoisotopic (exact) mass is 2300 g/mol. The number of fused-ring (bicyclic) bond motifs is 10. The molecule has 4 unspecified atom stereocenters. The summed E-state index contributed by atoms with van der Waals surface area (Å²) in [5.41, 5.74) is 0. The molecule has 8 aromatic carbocycles. The van der Waals surface area contributed by atoms with Crippen LogP contribution in [0.15, 0.2) is 212 Å². The topological polar surface area (TPSA) is 209 Å². The molecule has 9 aliphatic heterocycles. The number of hydrogen-bond donors (Lipinski definition) is 2. The molecule has 0 saturated carbocycles. The van der Waals surface area contributed by atoms with Crippen LogP contribution in [-0.4, -0.2) is 138 Å². The Bertz CT molecular complexity index is 5280. The zero-order valence-corrected chi connectivity index (χ0v) is 99.7. The van der Waals surface area contributed by atoms with E-state index in [-0.39, 0.29) is 132 Å². The van der Waals surface area contributed by atoms with Crippen molar-refractivity contribution < 1.29 is 133 Å². The third-order valence-electron chi connectivity index (χ3n) is 25.3. The Kier molecular flexibility index (Phi) is 44.9. The number of rotatable bonds is 6. The minimum Gasteiger partial charge on any atom is -1.00 e. The molecule has 16 atom stereocenters. The van der Waals surface area contributed by atoms with Gasteiger partial charge in [-0.15, -0.1) is 0 Å². The van der Waals surface area contributed by atoms with Crippen LogP contribution in [0.4, 0.5) is 12.9 Å². The standard InChI is InChI=1S/C22H28O4P2.2C22H28O2P2.C11H15O3P.C11H15O2P.C7H8.C6H12O.C2H6O.CH5B2IOP.2CH3.BF3.FH.Rh/c1-21(2,3)27(23)17-13-9-7-11-15(17)25-19(27)20-26-16-12-8-10-14-18(16)28(20,24)22(4,5)6;2*1-21(2,3)25-17-13-9-7-11-15(17)23-19(25)20-24-16-12-8-10-14-18(16)26(20)22(4,5)6;1-11(2,3)15(13)7-14-9-6-4-5-8(12)10(9)15;1-11(2,3)14(12)8-13-9-6-4-5-7-10(9)14;1-2-7-4-3-6(1)5-7;1-2-6-4-3-5-7-6;1-2-3;1-3(2-5)4-6;;;2-1(3)4;;/h7-14,19-20H,1-6H3;2*7-14,19-20H,1-6H3;4-6,12H,7H2,1-3H3;4-7H,8H2,1-3H3;1-4,6-7H,5H2;6H,2-5H2,1H3;3H,2H2,1H3;6H2,1H3;2*1H3;;1H;/q;;;;;;;;3*-1;;;+3/p+1/t19-,20-,27+,28+;19-,20-,25?,26?;19-,20-,25-,26-;15-;14-;;;;;;;;;/m00000........./s1. The smallest absolute Gasteiger partial charge is 1.00 e. The third kappa shape index (κ3) is 28.0. The molecule has 9 heterocycles. The number of aromatic hydroxyl groups is 1. The molecule has 16 nitrogen and oxygen atoms in total. The fourth-order valence-electron chi connectivity index (χ4n) is 18.4. The first-order valence-corrected chi connectivity index (χ1v) is 65.9. The van der Waals surface area contributed by atoms with Gasteiger partial charge < -0.3 is 90.7 Å². The van der Waals surface area contributed by atoms with Gasteiger partial charge in [-0.1, -0.05) is 259 Å². The number of para-hydroxylation sites is 7. The second-order valence-electron chi connectivity index (χ2n) is 43.4. The Balaban J connectivity index is 0.000000253. The van der Waals surface area contributed by atoms with Crippen molar-refractivity contribution in [1.82, 2.24) is 0 Å². The number of hydrogen-bond acceptors (Lipinski definition) is 16. The van der Waals surface area contributed by atoms with Crippen LogP contribution in [0.1, 0.15) is 206 Å². The molecule has 2 N–H and O–H groups in total. The molecule has 140 heavy (non-hydrogen) atoms. The molecule has 0 aromatic heterocycles. The van der Waals surface area contributed by atoms with Gasteiger partial charge in [-0.05, 0) is 197 Å². The van der Waals surface area contributed by atoms with Crippen LogP contribution in [0.5, 0.6) is 51.7 Å². The van der Waals surface area contributed by atoms with Crippen molar-refractivity contribution in [3.63, 3.8) is 0 Å². The molecule has 11 aliphatic rings. The zero-order chi connectivity index (χ0) is 101. The number of aliphatic hydroxyl groups excluding tert-OH is 1. The van der Waals surface area contributed by atoms with E-state index in [0.717, 1.165) is 70.1 Å². The van der Waals surface area contributed by atoms with Crippen LogP contribution < -0.4 is 105 Å². The van der Waals surface area contributed by atoms with E-state index >= 15 is 0 Å². The van der Waals surface area contributed by atoms with E-state index in [1.54, 1.807) is 25.1 Å². The van der Waals surface area contributed by atoms with Gasteiger partial charge in [0.15, 0.2) is 63.4 Å². The zero-order valence-electron chi connectivity index (χ0n) is 87.4. The Hall–Kier alpha value is -4.50. The van der Waals surface area contributed by atoms with E-state index in [0.29, 0.717) is 39.5 Å². The molecule has 0 spiro atoms. The fraction of sp³-hybridized carbons (Fsp3) is 0.491. The van der Waals surface area contributed by atoms with Crippen LogP contribution in [0.3, 0.4) is 0 Å². The first-order chi connectivity index (χ1) is 63.4. The molecule has 1 fully saturated rings. The van der Waals surface area contributed by atoms with Crippen LogP contribution in [0.25, 0.3) is 0 Å². The van der Waals surface area contributed by atoms with Crippen LogP contribution in [0, 0.1) is 26.7 Å². The first-order valence-electron chi connectivity index (χ1n) is 47.2. The van der Waals surface area contributed by atoms with Crippen molar-refractivity contribution in [2.45, 2.75) is 295 Å². The SMILES string of the molecule is C1=CC2C=CC1C2.CB(B=O)[I-]P.CC(C)(C)[P@@]1(=O)c2ccccc2O[C@@H]1[C@H]1Oc2ccccc2[P@]1(=O)C(C)(C)C.CC(C)(C)[P@@]1c2ccccc2O[C@@H]1[C@H]1Oc2ccccc2[P@]1C(C)(C)C.CC(C)(C)[P@]1(=O)COc2cccc(O)c21.CC(C)(C)[P@]1(=O)COc2ccccc21.CC(C)(C)[PH+]1c2ccccc2O[C@@H]1[C@H]1Oc2ccccc2[PH+]1C(C)(C)C.CCC1CCCO1.CCO.FB(F)F.[CH3-].[CH3-].[F-].[Rh+3]. The summed E-state index contributed by atoms with van der Waals surface area (Å²) < 4.78 is 149. The maximum absolute atomic E-state index is 14.6. The molecule has 2 bridgehead atoms. The van der Waals surface area contributed by atoms with Crippen LogP contribution in [0.2, 0.25) is 6.82 Å². The van der Waals surface area contributed by atoms with E-state index in [1.807, 2.05) is 163 Å². The maximum Gasteiger partial charge on any atom is 3.00 e. The minimum absolute atomic E-state index is 0. The first kappa shape index (κ1) is 124. The summed E-state index contributed by atoms with van der Waals surface area (Å²) >= 11 is 0.0932. The average molecular weight is 2300 g/mol. The third-order valence-corrected chi connectivity index (χ3v) is 59.9. The van der Waals surface area contributed by atoms with Gasteiger partial charge in [0.2, 0.25) is 0 Å². The molecule has 34 heteroatoms. The van der Waals surface area contributed by atoms with E-state index in [9.17, 15) is 41.0 Å². The average Bonchev–Trinajstić information content (AvgIpc) is 1.53. The van der Waals surface area contributed by atoms with Gasteiger partial charge in [-0.25, -0.2) is 0 Å². The van der Waals surface area contributed by atoms with Crippen molar-refractivity contribution in [2.75, 3.05) is 25.9 Å². The quantitative estimate of drug-likeness (QED) is 0.0396. The number of aliphatic hydroxyl groups is 1. The van der Waals surface area contributed by atoms with Gasteiger partial charge in [0, 0.05) is 44.4 Å². The van der Waals surface area contributed by atoms with Crippen LogP contribution in [-0.2, 0) is 47.2 Å². The molecule has 8 aromatic rings. The summed E-state index contributed by atoms with van der Waals surface area (Å²) in [6.07, 6.45) is 15.5. The van der Waals surface area contributed by atoms with Crippen molar-refractivity contribution >= 4 is 129 Å². The number of allylic oxidation sites excluding steroid dienone is 4. The summed E-state index contributed by atoms with van der Waals surface area (Å²) in [5.74, 6) is 7.57. The predicted octanol–water partition coefficient (Wildman–Crippen LogP) is 20.6. The molecular weight excluding hydrogens is 2150 g/mol. The largest absolute Gasteiger partial charge is 3.00 e. The predicted molar refractivity (Wildman–Crippen MR) is 588 cm³/mol. The maximum atomic E-state index is 14.6. The molecule has 1 saturated heterocycles. The van der Waals surface area contributed by atoms with Crippen molar-refractivity contribution in [2.24, 2.45) is 11.8 Å². The van der Waals surface area contributed by atoms with E-state index in [2.05, 4.69) is 218 Å². The summed E-state index contributed by atoms with van der Waals surface area (Å²) in [5, 5.41) is 25.0. The summed E-state index contributed by atoms with van der Waals surface area (Å²) in [6.45, 7) is 61.5. The normalized spacial score (nSPS) is 26.1. The van der Waals surface area contributed by atoms with Crippen LogP contribution >= 0.6 is 67.1 Å². The summed E-state index contributed by atoms with van der Waals surface area (Å²) in [7, 11) is -16.7. The van der Waals surface area contributed by atoms with Crippen molar-refractivity contribution in [3.05, 3.63) is 227 Å². The number of halogens is 5. The molecule has 19 rings (SSSR count). The van der Waals surface area contributed by atoms with E-state index < -0.39 is 89.8 Å². The van der Waals surface area contributed by atoms with Gasteiger partial charge in [0.25, 0.3) is 11.7 Å². The Morgan fingerprint density at radius 3 is 1.11 bits per heavy atom. The molecule has 2 aliphatic carbocycles. The minimum atomic E-state index is -3.67. The summed E-state index contributed by atoms with van der Waals surface area (Å²) in [6, 6.07) is 62.1. The van der Waals surface area contributed by atoms with Gasteiger partial charge >= 0.3 is 77.4 Å². The molecule has 0 amide bonds. The van der Waals surface area contributed by atoms with E-state index in [4.69, 9.17) is 47.7 Å². The van der Waals surface area contributed by atoms with Crippen molar-refractivity contribution in [3.8, 4) is 51.7 Å². The van der Waals surface area contributed by atoms with Gasteiger partial charge in [-0.2, -0.15) is 0 Å². The Morgan fingerprint density at radius 1 is 0.464 bits per heavy atom. The second kappa shape index (κ2) is 50.7.